The second-order valence-electron chi connectivity index (χ2n) is 6.09. The summed E-state index contributed by atoms with van der Waals surface area (Å²) in [7, 11) is 0. The van der Waals surface area contributed by atoms with Crippen LogP contribution in [-0.2, 0) is 17.6 Å². The molecule has 22 heavy (non-hydrogen) atoms. The molecule has 3 rings (SSSR count). The number of carbonyl (C=O) groups is 1. The summed E-state index contributed by atoms with van der Waals surface area (Å²) < 4.78 is 0. The van der Waals surface area contributed by atoms with E-state index >= 15 is 0 Å². The van der Waals surface area contributed by atoms with Crippen LogP contribution < -0.4 is 0 Å². The predicted molar refractivity (Wildman–Crippen MR) is 86.4 cm³/mol. The van der Waals surface area contributed by atoms with Gasteiger partial charge >= 0.3 is 0 Å². The Hall–Kier alpha value is -2.10. The summed E-state index contributed by atoms with van der Waals surface area (Å²) in [6.07, 6.45) is 8.15. The van der Waals surface area contributed by atoms with Crippen molar-refractivity contribution >= 4 is 5.91 Å². The monoisotopic (exact) mass is 297 g/mol. The number of aromatic amines is 1. The topological polar surface area (TPSA) is 49.0 Å². The predicted octanol–water partition coefficient (Wildman–Crippen LogP) is 2.82. The van der Waals surface area contributed by atoms with Crippen molar-refractivity contribution in [3.8, 4) is 0 Å². The third-order valence-corrected chi connectivity index (χ3v) is 4.50. The molecule has 1 fully saturated rings. The second-order valence-corrected chi connectivity index (χ2v) is 6.09. The Kier molecular flexibility index (Phi) is 4.88. The maximum absolute atomic E-state index is 12.2. The van der Waals surface area contributed by atoms with Crippen LogP contribution in [0.25, 0.3) is 0 Å². The quantitative estimate of drug-likeness (QED) is 0.922. The molecule has 4 nitrogen and oxygen atoms in total. The SMILES string of the molecule is O=C(CCc1cnc[nH]1)N1CCC(Cc2ccccc2)CC1. The minimum Gasteiger partial charge on any atom is -0.348 e. The summed E-state index contributed by atoms with van der Waals surface area (Å²) in [5.74, 6) is 0.979. The van der Waals surface area contributed by atoms with E-state index in [2.05, 4.69) is 40.3 Å². The van der Waals surface area contributed by atoms with Gasteiger partial charge in [0.2, 0.25) is 5.91 Å². The van der Waals surface area contributed by atoms with Crippen LogP contribution in [0.15, 0.2) is 42.9 Å². The molecule has 0 unspecified atom stereocenters. The Morgan fingerprint density at radius 1 is 1.23 bits per heavy atom. The van der Waals surface area contributed by atoms with Crippen molar-refractivity contribution < 1.29 is 4.79 Å². The number of carbonyl (C=O) groups excluding carboxylic acids is 1. The van der Waals surface area contributed by atoms with Crippen LogP contribution in [0.5, 0.6) is 0 Å². The largest absolute Gasteiger partial charge is 0.348 e. The van der Waals surface area contributed by atoms with Crippen LogP contribution in [0, 0.1) is 5.92 Å². The Morgan fingerprint density at radius 3 is 2.68 bits per heavy atom. The van der Waals surface area contributed by atoms with E-state index in [-0.39, 0.29) is 5.91 Å². The molecule has 1 saturated heterocycles. The van der Waals surface area contributed by atoms with Crippen molar-refractivity contribution in [2.24, 2.45) is 5.92 Å². The molecule has 1 aromatic heterocycles. The highest BCUT2D eigenvalue weighted by Crippen LogP contribution is 2.22. The zero-order valence-corrected chi connectivity index (χ0v) is 12.9. The van der Waals surface area contributed by atoms with Gasteiger partial charge in [-0.2, -0.15) is 0 Å². The number of piperidine rings is 1. The smallest absolute Gasteiger partial charge is 0.222 e. The summed E-state index contributed by atoms with van der Waals surface area (Å²) in [5.41, 5.74) is 2.44. The molecule has 2 aromatic rings. The Morgan fingerprint density at radius 2 is 2.00 bits per heavy atom. The molecule has 0 spiro atoms. The first kappa shape index (κ1) is 14.8. The number of nitrogens with zero attached hydrogens (tertiary/aromatic N) is 2. The number of hydrogen-bond acceptors (Lipinski definition) is 2. The molecule has 0 radical (unpaired) electrons. The molecule has 1 aliphatic heterocycles. The number of H-pyrrole nitrogens is 1. The third-order valence-electron chi connectivity index (χ3n) is 4.50. The van der Waals surface area contributed by atoms with Crippen LogP contribution in [-0.4, -0.2) is 33.9 Å². The number of imidazole rings is 1. The second kappa shape index (κ2) is 7.25. The number of nitrogens with one attached hydrogen (secondary N) is 1. The highest BCUT2D eigenvalue weighted by atomic mass is 16.2. The fraction of sp³-hybridized carbons (Fsp3) is 0.444. The Balaban J connectivity index is 1.42. The molecule has 116 valence electrons. The lowest BCUT2D eigenvalue weighted by molar-refractivity contribution is -0.132. The number of aryl methyl sites for hydroxylation is 1. The molecule has 1 aliphatic rings. The van der Waals surface area contributed by atoms with E-state index in [1.54, 1.807) is 12.5 Å². The molecule has 4 heteroatoms. The van der Waals surface area contributed by atoms with E-state index < -0.39 is 0 Å². The maximum Gasteiger partial charge on any atom is 0.222 e. The van der Waals surface area contributed by atoms with Gasteiger partial charge in [-0.1, -0.05) is 30.3 Å². The average Bonchev–Trinajstić information content (AvgIpc) is 3.08. The first-order chi connectivity index (χ1) is 10.8. The van der Waals surface area contributed by atoms with Crippen LogP contribution >= 0.6 is 0 Å². The zero-order chi connectivity index (χ0) is 15.2. The number of aromatic nitrogens is 2. The first-order valence-electron chi connectivity index (χ1n) is 8.10. The van der Waals surface area contributed by atoms with Crippen LogP contribution in [0.3, 0.4) is 0 Å². The lowest BCUT2D eigenvalue weighted by Crippen LogP contribution is -2.39. The van der Waals surface area contributed by atoms with E-state index in [1.165, 1.54) is 5.56 Å². The summed E-state index contributed by atoms with van der Waals surface area (Å²) in [5, 5.41) is 0. The standard InChI is InChI=1S/C18H23N3O/c22-18(7-6-17-13-19-14-20-17)21-10-8-16(9-11-21)12-15-4-2-1-3-5-15/h1-5,13-14,16H,6-12H2,(H,19,20). The highest BCUT2D eigenvalue weighted by molar-refractivity contribution is 5.76. The molecule has 1 N–H and O–H groups in total. The lowest BCUT2D eigenvalue weighted by atomic mass is 9.90. The molecule has 0 atom stereocenters. The fourth-order valence-electron chi connectivity index (χ4n) is 3.16. The zero-order valence-electron chi connectivity index (χ0n) is 12.9. The van der Waals surface area contributed by atoms with Crippen molar-refractivity contribution in [2.45, 2.75) is 32.1 Å². The highest BCUT2D eigenvalue weighted by Gasteiger charge is 2.22. The minimum absolute atomic E-state index is 0.271. The summed E-state index contributed by atoms with van der Waals surface area (Å²) in [6.45, 7) is 1.80. The molecule has 1 aromatic carbocycles. The maximum atomic E-state index is 12.2. The fourth-order valence-corrected chi connectivity index (χ4v) is 3.16. The van der Waals surface area contributed by atoms with Gasteiger partial charge in [-0.3, -0.25) is 4.79 Å². The first-order valence-corrected chi connectivity index (χ1v) is 8.10. The third kappa shape index (κ3) is 3.97. The van der Waals surface area contributed by atoms with Gasteiger partial charge in [-0.15, -0.1) is 0 Å². The van der Waals surface area contributed by atoms with Crippen molar-refractivity contribution in [1.29, 1.82) is 0 Å². The van der Waals surface area contributed by atoms with Gasteiger partial charge in [0.25, 0.3) is 0 Å². The van der Waals surface area contributed by atoms with Crippen molar-refractivity contribution in [1.82, 2.24) is 14.9 Å². The number of hydrogen-bond donors (Lipinski definition) is 1. The number of rotatable bonds is 5. The van der Waals surface area contributed by atoms with E-state index in [0.29, 0.717) is 12.3 Å². The summed E-state index contributed by atoms with van der Waals surface area (Å²) in [6, 6.07) is 10.7. The minimum atomic E-state index is 0.271. The van der Waals surface area contributed by atoms with E-state index in [1.807, 2.05) is 4.90 Å². The number of amides is 1. The van der Waals surface area contributed by atoms with Crippen molar-refractivity contribution in [3.05, 3.63) is 54.1 Å². The van der Waals surface area contributed by atoms with Crippen LogP contribution in [0.2, 0.25) is 0 Å². The van der Waals surface area contributed by atoms with Gasteiger partial charge in [0.05, 0.1) is 6.33 Å². The van der Waals surface area contributed by atoms with Crippen molar-refractivity contribution in [3.63, 3.8) is 0 Å². The molecular formula is C18H23N3O. The van der Waals surface area contributed by atoms with Gasteiger partial charge in [0.1, 0.15) is 0 Å². The van der Waals surface area contributed by atoms with E-state index in [4.69, 9.17) is 0 Å². The average molecular weight is 297 g/mol. The van der Waals surface area contributed by atoms with Gasteiger partial charge in [0.15, 0.2) is 0 Å². The molecule has 0 saturated carbocycles. The van der Waals surface area contributed by atoms with E-state index in [0.717, 1.165) is 44.5 Å². The number of benzene rings is 1. The van der Waals surface area contributed by atoms with E-state index in [9.17, 15) is 4.79 Å². The molecule has 0 bridgehead atoms. The molecular weight excluding hydrogens is 274 g/mol. The van der Waals surface area contributed by atoms with Crippen LogP contribution in [0.1, 0.15) is 30.5 Å². The van der Waals surface area contributed by atoms with Crippen molar-refractivity contribution in [2.75, 3.05) is 13.1 Å². The van der Waals surface area contributed by atoms with Crippen LogP contribution in [0.4, 0.5) is 0 Å². The Labute approximate surface area is 131 Å². The van der Waals surface area contributed by atoms with Gasteiger partial charge in [0, 0.05) is 31.4 Å². The van der Waals surface area contributed by atoms with Gasteiger partial charge in [-0.25, -0.2) is 4.98 Å². The Bertz CT molecular complexity index is 572. The molecule has 1 amide bonds. The normalized spacial score (nSPS) is 15.9. The lowest BCUT2D eigenvalue weighted by Gasteiger charge is -2.32. The summed E-state index contributed by atoms with van der Waals surface area (Å²) in [4.78, 5) is 21.3. The van der Waals surface area contributed by atoms with Gasteiger partial charge in [-0.05, 0) is 37.2 Å². The molecule has 2 heterocycles. The summed E-state index contributed by atoms with van der Waals surface area (Å²) >= 11 is 0. The molecule has 0 aliphatic carbocycles. The van der Waals surface area contributed by atoms with Gasteiger partial charge < -0.3 is 9.88 Å². The number of likely N-dealkylation sites (tertiary alicyclic amines) is 1.